The van der Waals surface area contributed by atoms with Crippen LogP contribution in [0.1, 0.15) is 17.0 Å². The van der Waals surface area contributed by atoms with E-state index in [9.17, 15) is 4.39 Å². The number of nitrogen functional groups attached to an aromatic ring is 1. The minimum absolute atomic E-state index is 0.168. The average molecular weight is 390 g/mol. The van der Waals surface area contributed by atoms with Gasteiger partial charge in [0.2, 0.25) is 0 Å². The summed E-state index contributed by atoms with van der Waals surface area (Å²) in [5.41, 5.74) is 7.60. The molecule has 0 radical (unpaired) electrons. The zero-order valence-corrected chi connectivity index (χ0v) is 13.4. The van der Waals surface area contributed by atoms with Crippen LogP contribution in [0.15, 0.2) is 21.1 Å². The molecular weight excluding hydrogens is 379 g/mol. The van der Waals surface area contributed by atoms with Crippen LogP contribution in [0.4, 0.5) is 4.39 Å². The second kappa shape index (κ2) is 5.05. The van der Waals surface area contributed by atoms with E-state index in [1.165, 1.54) is 4.68 Å². The van der Waals surface area contributed by atoms with Gasteiger partial charge in [-0.1, -0.05) is 0 Å². The molecule has 0 bridgehead atoms. The quantitative estimate of drug-likeness (QED) is 0.610. The molecule has 0 aliphatic carbocycles. The van der Waals surface area contributed by atoms with E-state index in [2.05, 4.69) is 37.0 Å². The fourth-order valence-corrected chi connectivity index (χ4v) is 2.57. The Kier molecular flexibility index (Phi) is 3.78. The summed E-state index contributed by atoms with van der Waals surface area (Å²) >= 11 is 6.54. The Bertz CT molecular complexity index is 679. The lowest BCUT2D eigenvalue weighted by Gasteiger charge is -2.10. The van der Waals surface area contributed by atoms with Crippen LogP contribution >= 0.6 is 31.9 Å². The predicted octanol–water partition coefficient (Wildman–Crippen LogP) is 3.44. The molecule has 0 atom stereocenters. The summed E-state index contributed by atoms with van der Waals surface area (Å²) in [4.78, 5) is 0. The highest BCUT2D eigenvalue weighted by molar-refractivity contribution is 9.10. The van der Waals surface area contributed by atoms with Crippen molar-refractivity contribution in [2.24, 2.45) is 5.73 Å². The summed E-state index contributed by atoms with van der Waals surface area (Å²) in [6.07, 6.45) is 0. The third kappa shape index (κ3) is 2.32. The molecule has 4 nitrogen and oxygen atoms in total. The van der Waals surface area contributed by atoms with E-state index in [-0.39, 0.29) is 10.3 Å². The van der Waals surface area contributed by atoms with Crippen LogP contribution in [0, 0.1) is 25.1 Å². The van der Waals surface area contributed by atoms with Gasteiger partial charge in [0.15, 0.2) is 5.82 Å². The molecule has 3 N–H and O–H groups in total. The highest BCUT2D eigenvalue weighted by Crippen LogP contribution is 2.29. The van der Waals surface area contributed by atoms with Gasteiger partial charge in [-0.15, -0.1) is 0 Å². The maximum atomic E-state index is 14.4. The Morgan fingerprint density at radius 2 is 1.95 bits per heavy atom. The van der Waals surface area contributed by atoms with Gasteiger partial charge in [0.05, 0.1) is 20.3 Å². The normalized spacial score (nSPS) is 10.8. The topological polar surface area (TPSA) is 67.7 Å². The number of nitrogens with two attached hydrogens (primary N) is 1. The zero-order valence-electron chi connectivity index (χ0n) is 10.3. The van der Waals surface area contributed by atoms with Gasteiger partial charge in [0, 0.05) is 5.56 Å². The number of amidine groups is 1. The fraction of sp³-hybridized carbons (Fsp3) is 0.167. The summed E-state index contributed by atoms with van der Waals surface area (Å²) < 4.78 is 16.9. The maximum absolute atomic E-state index is 14.4. The van der Waals surface area contributed by atoms with Gasteiger partial charge >= 0.3 is 0 Å². The van der Waals surface area contributed by atoms with Crippen molar-refractivity contribution >= 4 is 37.7 Å². The minimum atomic E-state index is -0.495. The van der Waals surface area contributed by atoms with E-state index in [1.54, 1.807) is 12.1 Å². The van der Waals surface area contributed by atoms with Crippen molar-refractivity contribution in [3.05, 3.63) is 43.8 Å². The van der Waals surface area contributed by atoms with Crippen LogP contribution in [0.2, 0.25) is 0 Å². The van der Waals surface area contributed by atoms with Crippen molar-refractivity contribution in [1.82, 2.24) is 9.78 Å². The average Bonchev–Trinajstić information content (AvgIpc) is 2.60. The third-order valence-corrected chi connectivity index (χ3v) is 4.71. The highest BCUT2D eigenvalue weighted by atomic mass is 79.9. The van der Waals surface area contributed by atoms with Crippen molar-refractivity contribution in [3.8, 4) is 5.69 Å². The summed E-state index contributed by atoms with van der Waals surface area (Å²) in [5.74, 6) is -0.683. The Balaban J connectivity index is 2.67. The van der Waals surface area contributed by atoms with Crippen molar-refractivity contribution < 1.29 is 4.39 Å². The van der Waals surface area contributed by atoms with Crippen molar-refractivity contribution in [1.29, 1.82) is 5.41 Å². The molecule has 0 aliphatic heterocycles. The van der Waals surface area contributed by atoms with Crippen LogP contribution in [-0.4, -0.2) is 15.6 Å². The van der Waals surface area contributed by atoms with Gasteiger partial charge in [-0.3, -0.25) is 5.41 Å². The van der Waals surface area contributed by atoms with E-state index < -0.39 is 5.82 Å². The highest BCUT2D eigenvalue weighted by Gasteiger charge is 2.18. The number of halogens is 3. The number of aryl methyl sites for hydroxylation is 1. The lowest BCUT2D eigenvalue weighted by Crippen LogP contribution is -2.14. The Labute approximate surface area is 126 Å². The number of aromatic nitrogens is 2. The number of hydrogen-bond donors (Lipinski definition) is 2. The second-order valence-electron chi connectivity index (χ2n) is 4.07. The van der Waals surface area contributed by atoms with Gasteiger partial charge in [0.25, 0.3) is 0 Å². The van der Waals surface area contributed by atoms with Crippen molar-refractivity contribution in [2.45, 2.75) is 13.8 Å². The first-order valence-electron chi connectivity index (χ1n) is 5.39. The molecule has 0 spiro atoms. The van der Waals surface area contributed by atoms with E-state index in [1.807, 2.05) is 13.8 Å². The third-order valence-electron chi connectivity index (χ3n) is 2.78. The molecule has 1 heterocycles. The zero-order chi connectivity index (χ0) is 14.3. The SMILES string of the molecule is Cc1nn(-c2ccc(C(=N)N)c(Br)c2F)c(C)c1Br. The molecule has 0 amide bonds. The molecule has 2 rings (SSSR count). The molecule has 0 saturated carbocycles. The Morgan fingerprint density at radius 3 is 2.42 bits per heavy atom. The van der Waals surface area contributed by atoms with E-state index >= 15 is 0 Å². The molecule has 0 saturated heterocycles. The van der Waals surface area contributed by atoms with Gasteiger partial charge < -0.3 is 5.73 Å². The number of nitrogens with one attached hydrogen (secondary N) is 1. The van der Waals surface area contributed by atoms with Gasteiger partial charge in [-0.25, -0.2) is 9.07 Å². The lowest BCUT2D eigenvalue weighted by atomic mass is 10.2. The smallest absolute Gasteiger partial charge is 0.163 e. The standard InChI is InChI=1S/C12H11Br2FN4/c1-5-9(13)6(2)19(18-5)8-4-3-7(12(16)17)10(14)11(8)15/h3-4H,1-2H3,(H3,16,17). The first-order chi connectivity index (χ1) is 8.84. The van der Waals surface area contributed by atoms with Crippen LogP contribution in [0.5, 0.6) is 0 Å². The largest absolute Gasteiger partial charge is 0.384 e. The molecular formula is C12H11Br2FN4. The summed E-state index contributed by atoms with van der Waals surface area (Å²) in [7, 11) is 0. The van der Waals surface area contributed by atoms with Crippen molar-refractivity contribution in [3.63, 3.8) is 0 Å². The monoisotopic (exact) mass is 388 g/mol. The van der Waals surface area contributed by atoms with Gasteiger partial charge in [-0.2, -0.15) is 5.10 Å². The summed E-state index contributed by atoms with van der Waals surface area (Å²) in [6, 6.07) is 3.15. The summed E-state index contributed by atoms with van der Waals surface area (Å²) in [6.45, 7) is 3.68. The first kappa shape index (κ1) is 14.2. The van der Waals surface area contributed by atoms with Gasteiger partial charge in [0.1, 0.15) is 11.5 Å². The Morgan fingerprint density at radius 1 is 1.32 bits per heavy atom. The van der Waals surface area contributed by atoms with Crippen LogP contribution in [0.3, 0.4) is 0 Å². The molecule has 2 aromatic rings. The molecule has 0 unspecified atom stereocenters. The fourth-order valence-electron chi connectivity index (χ4n) is 1.77. The molecule has 1 aromatic heterocycles. The van der Waals surface area contributed by atoms with Crippen molar-refractivity contribution in [2.75, 3.05) is 0 Å². The van der Waals surface area contributed by atoms with Crippen LogP contribution in [-0.2, 0) is 0 Å². The maximum Gasteiger partial charge on any atom is 0.163 e. The first-order valence-corrected chi connectivity index (χ1v) is 6.97. The van der Waals surface area contributed by atoms with Crippen LogP contribution < -0.4 is 5.73 Å². The lowest BCUT2D eigenvalue weighted by molar-refractivity contribution is 0.601. The van der Waals surface area contributed by atoms with E-state index in [0.29, 0.717) is 11.3 Å². The number of benzene rings is 1. The molecule has 100 valence electrons. The van der Waals surface area contributed by atoms with Crippen LogP contribution in [0.25, 0.3) is 5.69 Å². The molecule has 0 aliphatic rings. The van der Waals surface area contributed by atoms with E-state index in [4.69, 9.17) is 11.1 Å². The predicted molar refractivity (Wildman–Crippen MR) is 79.4 cm³/mol. The Hall–Kier alpha value is -1.21. The number of nitrogens with zero attached hydrogens (tertiary/aromatic N) is 2. The molecule has 1 aromatic carbocycles. The molecule has 19 heavy (non-hydrogen) atoms. The number of hydrogen-bond acceptors (Lipinski definition) is 2. The summed E-state index contributed by atoms with van der Waals surface area (Å²) in [5, 5.41) is 11.7. The number of rotatable bonds is 2. The second-order valence-corrected chi connectivity index (χ2v) is 5.66. The molecule has 7 heteroatoms. The van der Waals surface area contributed by atoms with E-state index in [0.717, 1.165) is 15.9 Å². The minimum Gasteiger partial charge on any atom is -0.384 e. The molecule has 0 fully saturated rings. The van der Waals surface area contributed by atoms with Gasteiger partial charge in [-0.05, 0) is 57.8 Å².